The van der Waals surface area contributed by atoms with Gasteiger partial charge in [-0.05, 0) is 18.4 Å². The fourth-order valence-corrected chi connectivity index (χ4v) is 1.80. The van der Waals surface area contributed by atoms with Gasteiger partial charge in [0.2, 0.25) is 0 Å². The van der Waals surface area contributed by atoms with Crippen LogP contribution in [0.1, 0.15) is 22.3 Å². The van der Waals surface area contributed by atoms with Crippen molar-refractivity contribution in [1.82, 2.24) is 9.78 Å². The van der Waals surface area contributed by atoms with Gasteiger partial charge in [-0.25, -0.2) is 4.79 Å². The number of esters is 1. The van der Waals surface area contributed by atoms with E-state index in [0.29, 0.717) is 5.56 Å². The molecule has 2 aromatic rings. The molecule has 18 heavy (non-hydrogen) atoms. The average Bonchev–Trinajstić information content (AvgIpc) is 2.88. The van der Waals surface area contributed by atoms with Crippen molar-refractivity contribution in [1.29, 1.82) is 0 Å². The van der Waals surface area contributed by atoms with Crippen LogP contribution in [0, 0.1) is 0 Å². The maximum absolute atomic E-state index is 11.2. The van der Waals surface area contributed by atoms with Crippen molar-refractivity contribution < 1.29 is 9.53 Å². The van der Waals surface area contributed by atoms with Gasteiger partial charge in [0.15, 0.2) is 0 Å². The van der Waals surface area contributed by atoms with Crippen molar-refractivity contribution in [2.45, 2.75) is 19.4 Å². The molecule has 4 nitrogen and oxygen atoms in total. The lowest BCUT2D eigenvalue weighted by atomic mass is 10.1. The highest BCUT2D eigenvalue weighted by atomic mass is 16.5. The zero-order valence-corrected chi connectivity index (χ0v) is 10.4. The maximum atomic E-state index is 11.2. The lowest BCUT2D eigenvalue weighted by Crippen LogP contribution is -2.01. The van der Waals surface area contributed by atoms with Gasteiger partial charge in [-0.3, -0.25) is 4.68 Å². The van der Waals surface area contributed by atoms with E-state index in [1.807, 2.05) is 18.2 Å². The van der Waals surface area contributed by atoms with Gasteiger partial charge in [0.25, 0.3) is 0 Å². The van der Waals surface area contributed by atoms with E-state index in [9.17, 15) is 4.79 Å². The molecule has 0 aliphatic carbocycles. The van der Waals surface area contributed by atoms with E-state index >= 15 is 0 Å². The molecule has 0 radical (unpaired) electrons. The summed E-state index contributed by atoms with van der Waals surface area (Å²) in [6.45, 7) is 0.798. The van der Waals surface area contributed by atoms with Crippen LogP contribution in [0.2, 0.25) is 0 Å². The minimum Gasteiger partial charge on any atom is -0.465 e. The largest absolute Gasteiger partial charge is 0.465 e. The zero-order valence-electron chi connectivity index (χ0n) is 10.4. The Bertz CT molecular complexity index is 506. The van der Waals surface area contributed by atoms with Gasteiger partial charge in [-0.1, -0.05) is 30.3 Å². The van der Waals surface area contributed by atoms with E-state index < -0.39 is 0 Å². The van der Waals surface area contributed by atoms with E-state index in [0.717, 1.165) is 19.4 Å². The van der Waals surface area contributed by atoms with Crippen molar-refractivity contribution in [3.05, 3.63) is 53.9 Å². The van der Waals surface area contributed by atoms with Crippen LogP contribution in [0.5, 0.6) is 0 Å². The number of aryl methyl sites for hydroxylation is 2. The topological polar surface area (TPSA) is 44.1 Å². The number of ether oxygens (including phenoxy) is 1. The average molecular weight is 244 g/mol. The summed E-state index contributed by atoms with van der Waals surface area (Å²) < 4.78 is 6.40. The first-order valence-electron chi connectivity index (χ1n) is 5.94. The summed E-state index contributed by atoms with van der Waals surface area (Å²) in [6, 6.07) is 10.3. The van der Waals surface area contributed by atoms with Crippen molar-refractivity contribution in [2.24, 2.45) is 0 Å². The van der Waals surface area contributed by atoms with Crippen LogP contribution in [0.3, 0.4) is 0 Å². The highest BCUT2D eigenvalue weighted by Gasteiger charge is 2.07. The van der Waals surface area contributed by atoms with E-state index in [1.54, 1.807) is 10.9 Å². The van der Waals surface area contributed by atoms with E-state index in [2.05, 4.69) is 22.0 Å². The molecule has 1 heterocycles. The predicted molar refractivity (Wildman–Crippen MR) is 68.3 cm³/mol. The van der Waals surface area contributed by atoms with Gasteiger partial charge >= 0.3 is 5.97 Å². The van der Waals surface area contributed by atoms with Crippen LogP contribution in [0.4, 0.5) is 0 Å². The fourth-order valence-electron chi connectivity index (χ4n) is 1.80. The molecular formula is C14H16N2O2. The van der Waals surface area contributed by atoms with Gasteiger partial charge < -0.3 is 4.74 Å². The minimum atomic E-state index is -0.343. The van der Waals surface area contributed by atoms with E-state index in [-0.39, 0.29) is 5.97 Å². The third-order valence-corrected chi connectivity index (χ3v) is 2.75. The van der Waals surface area contributed by atoms with Crippen LogP contribution in [0.15, 0.2) is 42.7 Å². The third kappa shape index (κ3) is 3.20. The first kappa shape index (κ1) is 12.4. The lowest BCUT2D eigenvalue weighted by Gasteiger charge is -2.01. The van der Waals surface area contributed by atoms with Crippen LogP contribution >= 0.6 is 0 Å². The molecule has 0 aliphatic heterocycles. The Morgan fingerprint density at radius 3 is 2.83 bits per heavy atom. The van der Waals surface area contributed by atoms with Crippen LogP contribution < -0.4 is 0 Å². The molecule has 0 fully saturated rings. The number of carbonyl (C=O) groups is 1. The Labute approximate surface area is 106 Å². The van der Waals surface area contributed by atoms with Crippen LogP contribution in [-0.4, -0.2) is 22.9 Å². The van der Waals surface area contributed by atoms with Crippen LogP contribution in [0.25, 0.3) is 0 Å². The minimum absolute atomic E-state index is 0.343. The molecule has 1 aromatic carbocycles. The quantitative estimate of drug-likeness (QED) is 0.758. The molecule has 94 valence electrons. The smallest absolute Gasteiger partial charge is 0.341 e. The van der Waals surface area contributed by atoms with Gasteiger partial charge in [0.05, 0.1) is 18.9 Å². The highest BCUT2D eigenvalue weighted by Crippen LogP contribution is 2.05. The van der Waals surface area contributed by atoms with Gasteiger partial charge in [-0.15, -0.1) is 0 Å². The standard InChI is InChI=1S/C14H16N2O2/c1-18-14(17)13-10-15-16(11-13)9-5-8-12-6-3-2-4-7-12/h2-4,6-7,10-11H,5,8-9H2,1H3. The predicted octanol–water partition coefficient (Wildman–Crippen LogP) is 2.30. The van der Waals surface area contributed by atoms with Crippen molar-refractivity contribution in [3.8, 4) is 0 Å². The van der Waals surface area contributed by atoms with Crippen molar-refractivity contribution >= 4 is 5.97 Å². The summed E-state index contributed by atoms with van der Waals surface area (Å²) >= 11 is 0. The number of methoxy groups -OCH3 is 1. The number of benzene rings is 1. The first-order chi connectivity index (χ1) is 8.79. The Morgan fingerprint density at radius 1 is 1.33 bits per heavy atom. The SMILES string of the molecule is COC(=O)c1cnn(CCCc2ccccc2)c1. The number of aromatic nitrogens is 2. The zero-order chi connectivity index (χ0) is 12.8. The normalized spacial score (nSPS) is 10.3. The molecule has 2 rings (SSSR count). The lowest BCUT2D eigenvalue weighted by molar-refractivity contribution is 0.0600. The second-order valence-electron chi connectivity index (χ2n) is 4.07. The second-order valence-corrected chi connectivity index (χ2v) is 4.07. The molecule has 0 atom stereocenters. The molecule has 0 N–H and O–H groups in total. The maximum Gasteiger partial charge on any atom is 0.341 e. The van der Waals surface area contributed by atoms with Gasteiger partial charge in [0.1, 0.15) is 0 Å². The summed E-state index contributed by atoms with van der Waals surface area (Å²) in [5, 5.41) is 4.13. The van der Waals surface area contributed by atoms with E-state index in [4.69, 9.17) is 0 Å². The number of hydrogen-bond donors (Lipinski definition) is 0. The summed E-state index contributed by atoms with van der Waals surface area (Å²) in [6.07, 6.45) is 5.26. The Morgan fingerprint density at radius 2 is 2.11 bits per heavy atom. The fraction of sp³-hybridized carbons (Fsp3) is 0.286. The number of carbonyl (C=O) groups excluding carboxylic acids is 1. The molecule has 0 saturated heterocycles. The van der Waals surface area contributed by atoms with Crippen molar-refractivity contribution in [2.75, 3.05) is 7.11 Å². The summed E-state index contributed by atoms with van der Waals surface area (Å²) in [4.78, 5) is 11.2. The third-order valence-electron chi connectivity index (χ3n) is 2.75. The highest BCUT2D eigenvalue weighted by molar-refractivity contribution is 5.88. The Hall–Kier alpha value is -2.10. The number of nitrogens with zero attached hydrogens (tertiary/aromatic N) is 2. The van der Waals surface area contributed by atoms with E-state index in [1.165, 1.54) is 18.9 Å². The monoisotopic (exact) mass is 244 g/mol. The molecule has 0 amide bonds. The Balaban J connectivity index is 1.84. The van der Waals surface area contributed by atoms with Crippen LogP contribution in [-0.2, 0) is 17.7 Å². The Kier molecular flexibility index (Phi) is 4.12. The van der Waals surface area contributed by atoms with Gasteiger partial charge in [0, 0.05) is 12.7 Å². The molecule has 0 bridgehead atoms. The first-order valence-corrected chi connectivity index (χ1v) is 5.94. The summed E-state index contributed by atoms with van der Waals surface area (Å²) in [5.74, 6) is -0.343. The molecule has 0 unspecified atom stereocenters. The molecule has 1 aromatic heterocycles. The number of rotatable bonds is 5. The molecule has 0 saturated carbocycles. The van der Waals surface area contributed by atoms with Crippen molar-refractivity contribution in [3.63, 3.8) is 0 Å². The molecular weight excluding hydrogens is 228 g/mol. The summed E-state index contributed by atoms with van der Waals surface area (Å²) in [7, 11) is 1.37. The molecule has 0 aliphatic rings. The second kappa shape index (κ2) is 6.00. The number of hydrogen-bond acceptors (Lipinski definition) is 3. The van der Waals surface area contributed by atoms with Gasteiger partial charge in [-0.2, -0.15) is 5.10 Å². The summed E-state index contributed by atoms with van der Waals surface area (Å²) in [5.41, 5.74) is 1.81. The molecule has 4 heteroatoms. The molecule has 0 spiro atoms.